The molecular formula is C30H30N2O4. The second kappa shape index (κ2) is 11.9. The lowest BCUT2D eigenvalue weighted by Gasteiger charge is -2.07. The Labute approximate surface area is 211 Å². The molecule has 4 aromatic rings. The van der Waals surface area contributed by atoms with E-state index < -0.39 is 5.97 Å². The first-order chi connectivity index (χ1) is 17.6. The lowest BCUT2D eigenvalue weighted by Crippen LogP contribution is -2.01. The number of rotatable bonds is 11. The van der Waals surface area contributed by atoms with Crippen LogP contribution in [0.25, 0.3) is 34.5 Å². The van der Waals surface area contributed by atoms with Gasteiger partial charge in [-0.1, -0.05) is 42.5 Å². The third-order valence-electron chi connectivity index (χ3n) is 5.86. The highest BCUT2D eigenvalue weighted by Crippen LogP contribution is 2.25. The zero-order chi connectivity index (χ0) is 25.3. The second-order valence-electron chi connectivity index (χ2n) is 8.32. The predicted molar refractivity (Wildman–Crippen MR) is 143 cm³/mol. The van der Waals surface area contributed by atoms with Crippen LogP contribution in [-0.2, 0) is 11.3 Å². The van der Waals surface area contributed by atoms with E-state index in [1.54, 1.807) is 7.11 Å². The Morgan fingerprint density at radius 3 is 2.11 bits per heavy atom. The molecule has 1 aromatic heterocycles. The van der Waals surface area contributed by atoms with Gasteiger partial charge in [0.25, 0.3) is 0 Å². The maximum absolute atomic E-state index is 10.6. The summed E-state index contributed by atoms with van der Waals surface area (Å²) in [5, 5.41) is 8.70. The van der Waals surface area contributed by atoms with Crippen LogP contribution in [0.3, 0.4) is 0 Å². The molecule has 0 fully saturated rings. The fourth-order valence-electron chi connectivity index (χ4n) is 3.83. The molecule has 184 valence electrons. The Kier molecular flexibility index (Phi) is 8.19. The molecule has 4 rings (SSSR count). The van der Waals surface area contributed by atoms with Crippen LogP contribution in [0.5, 0.6) is 11.5 Å². The highest BCUT2D eigenvalue weighted by atomic mass is 16.5. The number of ether oxygens (including phenoxy) is 2. The predicted octanol–water partition coefficient (Wildman–Crippen LogP) is 6.66. The van der Waals surface area contributed by atoms with Crippen LogP contribution in [0.1, 0.15) is 31.2 Å². The number of hydrogen-bond donors (Lipinski definition) is 1. The SMILES string of the molecule is CCn1cc(-c2ccc(OC)cc2)nc1C=Cc1ccc(-c2ccc(OCCCC(=O)O)cc2)cc1. The average molecular weight is 483 g/mol. The lowest BCUT2D eigenvalue weighted by molar-refractivity contribution is -0.137. The monoisotopic (exact) mass is 482 g/mol. The lowest BCUT2D eigenvalue weighted by atomic mass is 10.0. The number of imidazole rings is 1. The second-order valence-corrected chi connectivity index (χ2v) is 8.32. The van der Waals surface area contributed by atoms with Gasteiger partial charge in [-0.05, 0) is 72.5 Å². The van der Waals surface area contributed by atoms with E-state index in [2.05, 4.69) is 48.0 Å². The van der Waals surface area contributed by atoms with Crippen molar-refractivity contribution in [3.8, 4) is 33.9 Å². The Hall–Kier alpha value is -4.32. The fourth-order valence-corrected chi connectivity index (χ4v) is 3.83. The summed E-state index contributed by atoms with van der Waals surface area (Å²) in [5.41, 5.74) is 5.28. The van der Waals surface area contributed by atoms with Gasteiger partial charge in [-0.3, -0.25) is 4.79 Å². The third-order valence-corrected chi connectivity index (χ3v) is 5.86. The summed E-state index contributed by atoms with van der Waals surface area (Å²) in [6.45, 7) is 3.34. The molecular weight excluding hydrogens is 452 g/mol. The number of benzene rings is 3. The summed E-state index contributed by atoms with van der Waals surface area (Å²) >= 11 is 0. The molecule has 0 aliphatic carbocycles. The molecule has 0 radical (unpaired) electrons. The summed E-state index contributed by atoms with van der Waals surface area (Å²) < 4.78 is 13.0. The van der Waals surface area contributed by atoms with Crippen LogP contribution in [-0.4, -0.2) is 34.3 Å². The molecule has 6 nitrogen and oxygen atoms in total. The van der Waals surface area contributed by atoms with Gasteiger partial charge >= 0.3 is 5.97 Å². The largest absolute Gasteiger partial charge is 0.497 e. The van der Waals surface area contributed by atoms with Gasteiger partial charge in [-0.2, -0.15) is 0 Å². The smallest absolute Gasteiger partial charge is 0.303 e. The summed E-state index contributed by atoms with van der Waals surface area (Å²) in [4.78, 5) is 15.4. The molecule has 0 unspecified atom stereocenters. The zero-order valence-electron chi connectivity index (χ0n) is 20.6. The van der Waals surface area contributed by atoms with Crippen molar-refractivity contribution in [2.24, 2.45) is 0 Å². The maximum atomic E-state index is 10.6. The minimum absolute atomic E-state index is 0.114. The Bertz CT molecular complexity index is 1300. The molecule has 0 saturated carbocycles. The van der Waals surface area contributed by atoms with Gasteiger partial charge in [-0.25, -0.2) is 4.98 Å². The van der Waals surface area contributed by atoms with Gasteiger partial charge < -0.3 is 19.1 Å². The van der Waals surface area contributed by atoms with Crippen molar-refractivity contribution in [2.75, 3.05) is 13.7 Å². The minimum Gasteiger partial charge on any atom is -0.497 e. The number of nitrogens with zero attached hydrogens (tertiary/aromatic N) is 2. The Morgan fingerprint density at radius 2 is 1.50 bits per heavy atom. The molecule has 1 N–H and O–H groups in total. The average Bonchev–Trinajstić information content (AvgIpc) is 3.34. The minimum atomic E-state index is -0.805. The van der Waals surface area contributed by atoms with Crippen LogP contribution in [0.4, 0.5) is 0 Å². The zero-order valence-corrected chi connectivity index (χ0v) is 20.6. The first-order valence-electron chi connectivity index (χ1n) is 12.0. The van der Waals surface area contributed by atoms with Crippen molar-refractivity contribution in [1.82, 2.24) is 9.55 Å². The van der Waals surface area contributed by atoms with Crippen molar-refractivity contribution >= 4 is 18.1 Å². The van der Waals surface area contributed by atoms with E-state index in [9.17, 15) is 4.79 Å². The number of carboxylic acids is 1. The standard InChI is InChI=1S/C30H30N2O4/c1-3-32-21-28(25-13-15-26(35-2)16-14-25)31-29(32)19-8-22-6-9-23(10-7-22)24-11-17-27(18-12-24)36-20-4-5-30(33)34/h6-19,21H,3-5,20H2,1-2H3,(H,33,34). The van der Waals surface area contributed by atoms with Gasteiger partial charge in [0.2, 0.25) is 0 Å². The normalized spacial score (nSPS) is 11.1. The molecule has 0 aliphatic heterocycles. The molecule has 0 amide bonds. The number of aliphatic carboxylic acids is 1. The van der Waals surface area contributed by atoms with Crippen molar-refractivity contribution < 1.29 is 19.4 Å². The molecule has 0 spiro atoms. The summed E-state index contributed by atoms with van der Waals surface area (Å²) in [7, 11) is 1.66. The molecule has 3 aromatic carbocycles. The number of carboxylic acid groups (broad SMARTS) is 1. The van der Waals surface area contributed by atoms with Crippen LogP contribution in [0.15, 0.2) is 79.0 Å². The van der Waals surface area contributed by atoms with Gasteiger partial charge in [-0.15, -0.1) is 0 Å². The summed E-state index contributed by atoms with van der Waals surface area (Å²) in [5.74, 6) is 1.67. The molecule has 0 aliphatic rings. The molecule has 0 bridgehead atoms. The number of hydrogen-bond acceptors (Lipinski definition) is 4. The third kappa shape index (κ3) is 6.42. The van der Waals surface area contributed by atoms with Gasteiger partial charge in [0.1, 0.15) is 17.3 Å². The highest BCUT2D eigenvalue weighted by molar-refractivity contribution is 5.72. The number of aromatic nitrogens is 2. The first kappa shape index (κ1) is 24.8. The Morgan fingerprint density at radius 1 is 0.889 bits per heavy atom. The topological polar surface area (TPSA) is 73.6 Å². The van der Waals surface area contributed by atoms with Crippen molar-refractivity contribution in [3.63, 3.8) is 0 Å². The van der Waals surface area contributed by atoms with E-state index in [0.717, 1.165) is 51.8 Å². The molecule has 1 heterocycles. The maximum Gasteiger partial charge on any atom is 0.303 e. The van der Waals surface area contributed by atoms with Gasteiger partial charge in [0.05, 0.1) is 19.4 Å². The van der Waals surface area contributed by atoms with E-state index in [1.807, 2.05) is 54.6 Å². The van der Waals surface area contributed by atoms with Crippen LogP contribution >= 0.6 is 0 Å². The van der Waals surface area contributed by atoms with E-state index in [4.69, 9.17) is 19.6 Å². The fraction of sp³-hybridized carbons (Fsp3) is 0.200. The molecule has 36 heavy (non-hydrogen) atoms. The molecule has 6 heteroatoms. The van der Waals surface area contributed by atoms with E-state index >= 15 is 0 Å². The van der Waals surface area contributed by atoms with Crippen molar-refractivity contribution in [3.05, 3.63) is 90.4 Å². The van der Waals surface area contributed by atoms with E-state index in [0.29, 0.717) is 13.0 Å². The number of methoxy groups -OCH3 is 1. The van der Waals surface area contributed by atoms with Crippen LogP contribution < -0.4 is 9.47 Å². The van der Waals surface area contributed by atoms with Crippen LogP contribution in [0.2, 0.25) is 0 Å². The van der Waals surface area contributed by atoms with Crippen molar-refractivity contribution in [2.45, 2.75) is 26.3 Å². The quantitative estimate of drug-likeness (QED) is 0.242. The van der Waals surface area contributed by atoms with Crippen LogP contribution in [0, 0.1) is 0 Å². The number of aryl methyl sites for hydroxylation is 1. The van der Waals surface area contributed by atoms with Crippen molar-refractivity contribution in [1.29, 1.82) is 0 Å². The van der Waals surface area contributed by atoms with Gasteiger partial charge in [0, 0.05) is 24.7 Å². The molecule has 0 saturated heterocycles. The number of carbonyl (C=O) groups is 1. The summed E-state index contributed by atoms with van der Waals surface area (Å²) in [6, 6.07) is 24.1. The van der Waals surface area contributed by atoms with E-state index in [-0.39, 0.29) is 6.42 Å². The first-order valence-corrected chi connectivity index (χ1v) is 12.0. The van der Waals surface area contributed by atoms with Gasteiger partial charge in [0.15, 0.2) is 0 Å². The molecule has 0 atom stereocenters. The summed E-state index contributed by atoms with van der Waals surface area (Å²) in [6.07, 6.45) is 6.80. The van der Waals surface area contributed by atoms with E-state index in [1.165, 1.54) is 0 Å². The highest BCUT2D eigenvalue weighted by Gasteiger charge is 2.07. The Balaban J connectivity index is 1.40.